The SMILES string of the molecule is COc1ccc(Br)cc1NC=O. The molecule has 0 radical (unpaired) electrons. The van der Waals surface area contributed by atoms with Crippen molar-refractivity contribution in [2.75, 3.05) is 12.4 Å². The van der Waals surface area contributed by atoms with E-state index in [1.165, 1.54) is 0 Å². The molecule has 0 aliphatic rings. The number of methoxy groups -OCH3 is 1. The Balaban J connectivity index is 3.03. The number of amides is 1. The number of halogens is 1. The molecule has 0 saturated heterocycles. The van der Waals surface area contributed by atoms with Crippen molar-refractivity contribution in [2.24, 2.45) is 0 Å². The highest BCUT2D eigenvalue weighted by Crippen LogP contribution is 2.27. The number of rotatable bonds is 3. The van der Waals surface area contributed by atoms with Crippen LogP contribution < -0.4 is 10.1 Å². The number of nitrogens with one attached hydrogen (secondary N) is 1. The van der Waals surface area contributed by atoms with E-state index in [1.807, 2.05) is 6.07 Å². The molecule has 0 fully saturated rings. The highest BCUT2D eigenvalue weighted by Gasteiger charge is 2.00. The summed E-state index contributed by atoms with van der Waals surface area (Å²) in [4.78, 5) is 10.2. The number of hydrogen-bond donors (Lipinski definition) is 1. The first-order valence-electron chi connectivity index (χ1n) is 3.31. The van der Waals surface area contributed by atoms with Crippen molar-refractivity contribution in [2.45, 2.75) is 0 Å². The molecule has 1 aromatic rings. The van der Waals surface area contributed by atoms with E-state index in [9.17, 15) is 4.79 Å². The largest absolute Gasteiger partial charge is 0.495 e. The quantitative estimate of drug-likeness (QED) is 0.806. The summed E-state index contributed by atoms with van der Waals surface area (Å²) in [7, 11) is 1.55. The number of carbonyl (C=O) groups excluding carboxylic acids is 1. The Hall–Kier alpha value is -1.03. The topological polar surface area (TPSA) is 38.3 Å². The molecule has 1 N–H and O–H groups in total. The van der Waals surface area contributed by atoms with Crippen molar-refractivity contribution >= 4 is 28.0 Å². The van der Waals surface area contributed by atoms with E-state index in [2.05, 4.69) is 21.2 Å². The summed E-state index contributed by atoms with van der Waals surface area (Å²) in [6.45, 7) is 0. The summed E-state index contributed by atoms with van der Waals surface area (Å²) < 4.78 is 5.91. The van der Waals surface area contributed by atoms with Crippen LogP contribution >= 0.6 is 15.9 Å². The van der Waals surface area contributed by atoms with Crippen molar-refractivity contribution in [3.8, 4) is 5.75 Å². The molecule has 0 saturated carbocycles. The lowest BCUT2D eigenvalue weighted by Crippen LogP contribution is -1.96. The summed E-state index contributed by atoms with van der Waals surface area (Å²) in [6.07, 6.45) is 0.615. The molecule has 0 heterocycles. The average molecular weight is 230 g/mol. The molecule has 0 aliphatic heterocycles. The highest BCUT2D eigenvalue weighted by molar-refractivity contribution is 9.10. The first-order valence-corrected chi connectivity index (χ1v) is 4.11. The Morgan fingerprint density at radius 1 is 1.58 bits per heavy atom. The number of carbonyl (C=O) groups is 1. The molecule has 1 aromatic carbocycles. The fourth-order valence-corrected chi connectivity index (χ4v) is 1.22. The number of benzene rings is 1. The van der Waals surface area contributed by atoms with Crippen LogP contribution in [0.2, 0.25) is 0 Å². The lowest BCUT2D eigenvalue weighted by molar-refractivity contribution is -0.105. The molecule has 12 heavy (non-hydrogen) atoms. The third-order valence-corrected chi connectivity index (χ3v) is 1.87. The predicted octanol–water partition coefficient (Wildman–Crippen LogP) is 2.03. The lowest BCUT2D eigenvalue weighted by atomic mass is 10.3. The Labute approximate surface area is 78.9 Å². The molecule has 0 aromatic heterocycles. The van der Waals surface area contributed by atoms with E-state index < -0.39 is 0 Å². The zero-order chi connectivity index (χ0) is 8.97. The van der Waals surface area contributed by atoms with E-state index in [-0.39, 0.29) is 0 Å². The maximum atomic E-state index is 10.2. The summed E-state index contributed by atoms with van der Waals surface area (Å²) in [5.74, 6) is 0.644. The highest BCUT2D eigenvalue weighted by atomic mass is 79.9. The second-order valence-electron chi connectivity index (χ2n) is 2.11. The van der Waals surface area contributed by atoms with Crippen LogP contribution in [-0.2, 0) is 4.79 Å². The van der Waals surface area contributed by atoms with Gasteiger partial charge in [-0.2, -0.15) is 0 Å². The molecule has 0 spiro atoms. The minimum Gasteiger partial charge on any atom is -0.495 e. The van der Waals surface area contributed by atoms with Gasteiger partial charge in [0.1, 0.15) is 5.75 Å². The number of anilines is 1. The first-order chi connectivity index (χ1) is 5.77. The molecule has 4 heteroatoms. The van der Waals surface area contributed by atoms with Gasteiger partial charge in [-0.3, -0.25) is 4.79 Å². The van der Waals surface area contributed by atoms with Crippen LogP contribution in [0.1, 0.15) is 0 Å². The fraction of sp³-hybridized carbons (Fsp3) is 0.125. The summed E-state index contributed by atoms with van der Waals surface area (Å²) in [5.41, 5.74) is 0.655. The van der Waals surface area contributed by atoms with Gasteiger partial charge in [-0.05, 0) is 18.2 Å². The van der Waals surface area contributed by atoms with Gasteiger partial charge in [-0.15, -0.1) is 0 Å². The van der Waals surface area contributed by atoms with Crippen molar-refractivity contribution in [3.05, 3.63) is 22.7 Å². The van der Waals surface area contributed by atoms with E-state index in [0.717, 1.165) is 4.47 Å². The smallest absolute Gasteiger partial charge is 0.211 e. The van der Waals surface area contributed by atoms with Gasteiger partial charge in [0.15, 0.2) is 0 Å². The molecule has 0 aliphatic carbocycles. The van der Waals surface area contributed by atoms with Crippen LogP contribution in [0.25, 0.3) is 0 Å². The number of ether oxygens (including phenoxy) is 1. The van der Waals surface area contributed by atoms with E-state index in [0.29, 0.717) is 17.8 Å². The Morgan fingerprint density at radius 3 is 2.92 bits per heavy atom. The maximum absolute atomic E-state index is 10.2. The second kappa shape index (κ2) is 4.11. The normalized spacial score (nSPS) is 9.17. The van der Waals surface area contributed by atoms with Crippen LogP contribution in [0, 0.1) is 0 Å². The van der Waals surface area contributed by atoms with Crippen molar-refractivity contribution in [3.63, 3.8) is 0 Å². The third kappa shape index (κ3) is 1.98. The minimum atomic E-state index is 0.615. The van der Waals surface area contributed by atoms with E-state index >= 15 is 0 Å². The van der Waals surface area contributed by atoms with Crippen LogP contribution in [0.4, 0.5) is 5.69 Å². The van der Waals surface area contributed by atoms with Crippen molar-refractivity contribution in [1.82, 2.24) is 0 Å². The van der Waals surface area contributed by atoms with Gasteiger partial charge in [0, 0.05) is 4.47 Å². The van der Waals surface area contributed by atoms with Gasteiger partial charge < -0.3 is 10.1 Å². The van der Waals surface area contributed by atoms with E-state index in [1.54, 1.807) is 19.2 Å². The molecule has 0 atom stereocenters. The van der Waals surface area contributed by atoms with Gasteiger partial charge in [0.2, 0.25) is 6.41 Å². The zero-order valence-corrected chi connectivity index (χ0v) is 8.09. The van der Waals surface area contributed by atoms with Crippen molar-refractivity contribution in [1.29, 1.82) is 0 Å². The number of hydrogen-bond acceptors (Lipinski definition) is 2. The Bertz CT molecular complexity index is 288. The van der Waals surface area contributed by atoms with Gasteiger partial charge >= 0.3 is 0 Å². The van der Waals surface area contributed by atoms with Crippen LogP contribution in [-0.4, -0.2) is 13.5 Å². The second-order valence-corrected chi connectivity index (χ2v) is 3.02. The predicted molar refractivity (Wildman–Crippen MR) is 50.4 cm³/mol. The van der Waals surface area contributed by atoms with Crippen LogP contribution in [0.3, 0.4) is 0 Å². The summed E-state index contributed by atoms with van der Waals surface area (Å²) in [5, 5.41) is 2.53. The standard InChI is InChI=1S/C8H8BrNO2/c1-12-8-3-2-6(9)4-7(8)10-5-11/h2-5H,1H3,(H,10,11). The molecular weight excluding hydrogens is 222 g/mol. The third-order valence-electron chi connectivity index (χ3n) is 1.38. The molecule has 64 valence electrons. The van der Waals surface area contributed by atoms with Crippen LogP contribution in [0.15, 0.2) is 22.7 Å². The molecular formula is C8H8BrNO2. The fourth-order valence-electron chi connectivity index (χ4n) is 0.856. The summed E-state index contributed by atoms with van der Waals surface area (Å²) >= 11 is 3.28. The Morgan fingerprint density at radius 2 is 2.33 bits per heavy atom. The zero-order valence-electron chi connectivity index (χ0n) is 6.50. The van der Waals surface area contributed by atoms with E-state index in [4.69, 9.17) is 4.74 Å². The first kappa shape index (κ1) is 9.06. The molecule has 0 unspecified atom stereocenters. The lowest BCUT2D eigenvalue weighted by Gasteiger charge is -2.06. The molecule has 0 bridgehead atoms. The minimum absolute atomic E-state index is 0.615. The van der Waals surface area contributed by atoms with Gasteiger partial charge in [0.05, 0.1) is 12.8 Å². The van der Waals surface area contributed by atoms with Crippen molar-refractivity contribution < 1.29 is 9.53 Å². The maximum Gasteiger partial charge on any atom is 0.211 e. The molecule has 1 amide bonds. The summed E-state index contributed by atoms with van der Waals surface area (Å²) in [6, 6.07) is 5.39. The van der Waals surface area contributed by atoms with Crippen LogP contribution in [0.5, 0.6) is 5.75 Å². The van der Waals surface area contributed by atoms with Gasteiger partial charge in [-0.25, -0.2) is 0 Å². The Kier molecular flexibility index (Phi) is 3.10. The molecule has 3 nitrogen and oxygen atoms in total. The monoisotopic (exact) mass is 229 g/mol. The van der Waals surface area contributed by atoms with Gasteiger partial charge in [0.25, 0.3) is 0 Å². The average Bonchev–Trinajstić information content (AvgIpc) is 2.05. The van der Waals surface area contributed by atoms with Gasteiger partial charge in [-0.1, -0.05) is 15.9 Å². The molecule has 1 rings (SSSR count).